The molecule has 0 aromatic carbocycles. The van der Waals surface area contributed by atoms with Crippen LogP contribution in [0.4, 0.5) is 0 Å². The van der Waals surface area contributed by atoms with Crippen molar-refractivity contribution in [3.8, 4) is 0 Å². The van der Waals surface area contributed by atoms with E-state index in [4.69, 9.17) is 0 Å². The van der Waals surface area contributed by atoms with Crippen molar-refractivity contribution in [2.24, 2.45) is 5.41 Å². The Kier molecular flexibility index (Phi) is 5.14. The van der Waals surface area contributed by atoms with Crippen molar-refractivity contribution in [1.82, 2.24) is 9.21 Å². The topological polar surface area (TPSA) is 77.9 Å². The summed E-state index contributed by atoms with van der Waals surface area (Å²) in [6, 6.07) is 0. The first-order chi connectivity index (χ1) is 10.5. The Balaban J connectivity index is 2.13. The van der Waals surface area contributed by atoms with Crippen LogP contribution in [0.5, 0.6) is 0 Å². The number of hydrogen-bond donors (Lipinski definition) is 1. The predicted octanol–water partition coefficient (Wildman–Crippen LogP) is 1.20. The number of sulfonamides is 1. The van der Waals surface area contributed by atoms with Crippen LogP contribution in [-0.4, -0.2) is 65.7 Å². The fraction of sp³-hybridized carbons (Fsp3) is 0.938. The number of rotatable bonds is 3. The Bertz CT molecular complexity index is 550. The zero-order valence-corrected chi connectivity index (χ0v) is 15.5. The molecular weight excluding hydrogens is 316 g/mol. The third-order valence-corrected chi connectivity index (χ3v) is 7.73. The van der Waals surface area contributed by atoms with Crippen molar-refractivity contribution in [2.45, 2.75) is 65.0 Å². The molecule has 0 aliphatic carbocycles. The van der Waals surface area contributed by atoms with Gasteiger partial charge in [-0.3, -0.25) is 4.79 Å². The molecule has 0 radical (unpaired) electrons. The molecule has 2 heterocycles. The fourth-order valence-electron chi connectivity index (χ4n) is 3.95. The Morgan fingerprint density at radius 3 is 2.30 bits per heavy atom. The molecule has 0 bridgehead atoms. The summed E-state index contributed by atoms with van der Waals surface area (Å²) in [4.78, 5) is 13.8. The number of likely N-dealkylation sites (tertiary alicyclic amines) is 1. The van der Waals surface area contributed by atoms with Gasteiger partial charge in [0.15, 0.2) is 0 Å². The van der Waals surface area contributed by atoms with E-state index in [1.54, 1.807) is 9.21 Å². The van der Waals surface area contributed by atoms with Gasteiger partial charge in [-0.1, -0.05) is 6.92 Å². The summed E-state index contributed by atoms with van der Waals surface area (Å²) in [5.41, 5.74) is -0.735. The molecule has 2 aliphatic heterocycles. The highest BCUT2D eigenvalue weighted by Crippen LogP contribution is 2.45. The van der Waals surface area contributed by atoms with Crippen LogP contribution >= 0.6 is 0 Å². The molecule has 0 aromatic heterocycles. The Morgan fingerprint density at radius 1 is 1.26 bits per heavy atom. The summed E-state index contributed by atoms with van der Waals surface area (Å²) in [5.74, 6) is 0.157. The van der Waals surface area contributed by atoms with E-state index < -0.39 is 21.7 Å². The Hall–Kier alpha value is -0.660. The van der Waals surface area contributed by atoms with Gasteiger partial charge in [0.1, 0.15) is 0 Å². The van der Waals surface area contributed by atoms with Gasteiger partial charge in [-0.15, -0.1) is 0 Å². The van der Waals surface area contributed by atoms with E-state index in [1.807, 2.05) is 20.8 Å². The molecule has 0 aromatic rings. The molecule has 23 heavy (non-hydrogen) atoms. The molecule has 1 amide bonds. The van der Waals surface area contributed by atoms with E-state index >= 15 is 0 Å². The minimum absolute atomic E-state index is 0.0332. The van der Waals surface area contributed by atoms with Gasteiger partial charge < -0.3 is 10.0 Å². The standard InChI is InChI=1S/C16H30N2O4S/c1-5-10-23(21,22)17-8-6-16(7-9-17)11-14(20)15(3,4)18(12-16)13(2)19/h14,20H,5-12H2,1-4H3. The van der Waals surface area contributed by atoms with Gasteiger partial charge in [0.25, 0.3) is 0 Å². The first-order valence-corrected chi connectivity index (χ1v) is 10.1. The van der Waals surface area contributed by atoms with E-state index in [0.717, 1.165) is 0 Å². The molecule has 1 N–H and O–H groups in total. The van der Waals surface area contributed by atoms with Gasteiger partial charge >= 0.3 is 0 Å². The number of piperidine rings is 2. The summed E-state index contributed by atoms with van der Waals surface area (Å²) in [6.45, 7) is 8.78. The van der Waals surface area contributed by atoms with Gasteiger partial charge in [0.2, 0.25) is 15.9 Å². The normalized spacial score (nSPS) is 28.0. The third-order valence-electron chi connectivity index (χ3n) is 5.65. The first-order valence-electron chi connectivity index (χ1n) is 8.48. The molecule has 7 heteroatoms. The summed E-state index contributed by atoms with van der Waals surface area (Å²) < 4.78 is 26.0. The maximum atomic E-state index is 12.2. The second-order valence-electron chi connectivity index (χ2n) is 7.69. The molecule has 6 nitrogen and oxygen atoms in total. The number of amides is 1. The lowest BCUT2D eigenvalue weighted by Crippen LogP contribution is -2.64. The summed E-state index contributed by atoms with van der Waals surface area (Å²) in [7, 11) is -3.16. The zero-order valence-electron chi connectivity index (χ0n) is 14.7. The Morgan fingerprint density at radius 2 is 1.83 bits per heavy atom. The van der Waals surface area contributed by atoms with Crippen molar-refractivity contribution in [3.63, 3.8) is 0 Å². The molecule has 1 spiro atoms. The van der Waals surface area contributed by atoms with Gasteiger partial charge in [-0.05, 0) is 44.9 Å². The van der Waals surface area contributed by atoms with Crippen molar-refractivity contribution >= 4 is 15.9 Å². The largest absolute Gasteiger partial charge is 0.391 e. The van der Waals surface area contributed by atoms with Crippen LogP contribution in [-0.2, 0) is 14.8 Å². The van der Waals surface area contributed by atoms with E-state index in [1.165, 1.54) is 6.92 Å². The maximum Gasteiger partial charge on any atom is 0.219 e. The second-order valence-corrected chi connectivity index (χ2v) is 9.78. The fourth-order valence-corrected chi connectivity index (χ4v) is 5.46. The van der Waals surface area contributed by atoms with Crippen LogP contribution in [0.25, 0.3) is 0 Å². The van der Waals surface area contributed by atoms with Gasteiger partial charge in [0, 0.05) is 26.6 Å². The highest BCUT2D eigenvalue weighted by atomic mass is 32.2. The van der Waals surface area contributed by atoms with Gasteiger partial charge in [0.05, 0.1) is 17.4 Å². The van der Waals surface area contributed by atoms with Crippen molar-refractivity contribution in [2.75, 3.05) is 25.4 Å². The van der Waals surface area contributed by atoms with Crippen LogP contribution in [0.3, 0.4) is 0 Å². The van der Waals surface area contributed by atoms with Crippen molar-refractivity contribution in [1.29, 1.82) is 0 Å². The lowest BCUT2D eigenvalue weighted by molar-refractivity contribution is -0.156. The summed E-state index contributed by atoms with van der Waals surface area (Å²) >= 11 is 0. The number of hydrogen-bond acceptors (Lipinski definition) is 4. The maximum absolute atomic E-state index is 12.2. The number of nitrogens with zero attached hydrogens (tertiary/aromatic N) is 2. The highest BCUT2D eigenvalue weighted by Gasteiger charge is 2.51. The molecule has 2 rings (SSSR count). The molecule has 1 unspecified atom stereocenters. The third kappa shape index (κ3) is 3.56. The first kappa shape index (κ1) is 18.7. The SMILES string of the molecule is CCCS(=O)(=O)N1CCC2(CC1)CC(O)C(C)(C)N(C(C)=O)C2. The van der Waals surface area contributed by atoms with Gasteiger partial charge in [-0.2, -0.15) is 0 Å². The minimum atomic E-state index is -3.16. The second kappa shape index (κ2) is 6.33. The molecule has 2 aliphatic rings. The molecule has 2 fully saturated rings. The number of aliphatic hydroxyl groups excluding tert-OH is 1. The van der Waals surface area contributed by atoms with E-state index in [9.17, 15) is 18.3 Å². The molecule has 0 saturated carbocycles. The number of carbonyl (C=O) groups excluding carboxylic acids is 1. The van der Waals surface area contributed by atoms with Gasteiger partial charge in [-0.25, -0.2) is 12.7 Å². The lowest BCUT2D eigenvalue weighted by Gasteiger charge is -2.55. The molecular formula is C16H30N2O4S. The average Bonchev–Trinajstić information content (AvgIpc) is 2.43. The van der Waals surface area contributed by atoms with E-state index in [0.29, 0.717) is 45.3 Å². The van der Waals surface area contributed by atoms with E-state index in [-0.39, 0.29) is 17.1 Å². The quantitative estimate of drug-likeness (QED) is 0.833. The number of aliphatic hydroxyl groups is 1. The summed E-state index contributed by atoms with van der Waals surface area (Å²) in [5, 5.41) is 10.6. The number of carbonyl (C=O) groups is 1. The van der Waals surface area contributed by atoms with Crippen LogP contribution in [0.15, 0.2) is 0 Å². The van der Waals surface area contributed by atoms with Crippen LogP contribution in [0.2, 0.25) is 0 Å². The highest BCUT2D eigenvalue weighted by molar-refractivity contribution is 7.89. The van der Waals surface area contributed by atoms with E-state index in [2.05, 4.69) is 0 Å². The molecule has 134 valence electrons. The van der Waals surface area contributed by atoms with Crippen LogP contribution < -0.4 is 0 Å². The summed E-state index contributed by atoms with van der Waals surface area (Å²) in [6.07, 6.45) is 2.07. The van der Waals surface area contributed by atoms with Crippen LogP contribution in [0.1, 0.15) is 53.4 Å². The zero-order chi connectivity index (χ0) is 17.5. The minimum Gasteiger partial charge on any atom is -0.391 e. The lowest BCUT2D eigenvalue weighted by atomic mass is 9.67. The Labute approximate surface area is 139 Å². The smallest absolute Gasteiger partial charge is 0.219 e. The van der Waals surface area contributed by atoms with Crippen LogP contribution in [0, 0.1) is 5.41 Å². The molecule has 2 saturated heterocycles. The monoisotopic (exact) mass is 346 g/mol. The average molecular weight is 346 g/mol. The van der Waals surface area contributed by atoms with Crippen molar-refractivity contribution < 1.29 is 18.3 Å². The van der Waals surface area contributed by atoms with Crippen molar-refractivity contribution in [3.05, 3.63) is 0 Å². The molecule has 1 atom stereocenters. The predicted molar refractivity (Wildman–Crippen MR) is 89.4 cm³/mol.